The molecular formula is C27H25N5O6. The number of hydrogen-bond donors (Lipinski definition) is 1. The highest BCUT2D eigenvalue weighted by atomic mass is 16.5. The first-order valence-corrected chi connectivity index (χ1v) is 12.2. The molecule has 2 aromatic carbocycles. The summed E-state index contributed by atoms with van der Waals surface area (Å²) in [5.41, 5.74) is 1.29. The van der Waals surface area contributed by atoms with Gasteiger partial charge in [0.15, 0.2) is 0 Å². The molecule has 0 unspecified atom stereocenters. The van der Waals surface area contributed by atoms with Crippen LogP contribution in [0.5, 0.6) is 5.75 Å². The van der Waals surface area contributed by atoms with Gasteiger partial charge in [-0.1, -0.05) is 24.3 Å². The second kappa shape index (κ2) is 10.3. The molecule has 1 fully saturated rings. The Balaban J connectivity index is 1.18. The molecule has 194 valence electrons. The number of para-hydroxylation sites is 1. The van der Waals surface area contributed by atoms with Gasteiger partial charge in [-0.15, -0.1) is 0 Å². The number of nitrogens with zero attached hydrogens (tertiary/aromatic N) is 4. The van der Waals surface area contributed by atoms with Crippen molar-refractivity contribution in [3.63, 3.8) is 0 Å². The molecule has 0 saturated carbocycles. The van der Waals surface area contributed by atoms with E-state index in [2.05, 4.69) is 10.3 Å². The van der Waals surface area contributed by atoms with Crippen LogP contribution in [0.25, 0.3) is 10.9 Å². The van der Waals surface area contributed by atoms with Crippen LogP contribution in [-0.2, 0) is 9.59 Å². The number of ether oxygens (including phenoxy) is 1. The minimum absolute atomic E-state index is 0.0125. The highest BCUT2D eigenvalue weighted by molar-refractivity contribution is 6.22. The molecule has 2 aliphatic rings. The van der Waals surface area contributed by atoms with E-state index < -0.39 is 30.2 Å². The number of carbonyl (C=O) groups excluding carboxylic acids is 5. The van der Waals surface area contributed by atoms with Gasteiger partial charge in [0, 0.05) is 37.5 Å². The van der Waals surface area contributed by atoms with Gasteiger partial charge in [0.05, 0.1) is 23.8 Å². The van der Waals surface area contributed by atoms with E-state index in [1.807, 2.05) is 18.2 Å². The molecule has 1 N–H and O–H groups in total. The average molecular weight is 516 g/mol. The first-order chi connectivity index (χ1) is 18.4. The van der Waals surface area contributed by atoms with Crippen molar-refractivity contribution in [3.8, 4) is 5.75 Å². The van der Waals surface area contributed by atoms with Gasteiger partial charge in [-0.25, -0.2) is 9.99 Å². The van der Waals surface area contributed by atoms with Crippen molar-refractivity contribution in [2.75, 3.05) is 33.3 Å². The summed E-state index contributed by atoms with van der Waals surface area (Å²) in [5.74, 6) is -1.87. The number of carbonyl (C=O) groups is 5. The fraction of sp³-hybridized carbons (Fsp3) is 0.259. The molecular weight excluding hydrogens is 490 g/mol. The standard InChI is InChI=1S/C27H25N5O6/c1-38-22-15-21(29-20-10-5-4-9-19(20)22)27(37)32-14-6-13-31(32)24(34)11-12-28-23(33)16-30-25(35)17-7-2-3-8-18(17)26(30)36/h2-5,7-10,15H,6,11-14,16H2,1H3,(H,28,33). The number of benzene rings is 2. The molecule has 11 nitrogen and oxygen atoms in total. The summed E-state index contributed by atoms with van der Waals surface area (Å²) in [6.07, 6.45) is 0.542. The highest BCUT2D eigenvalue weighted by Crippen LogP contribution is 2.26. The first-order valence-electron chi connectivity index (χ1n) is 12.2. The fourth-order valence-corrected chi connectivity index (χ4v) is 4.66. The van der Waals surface area contributed by atoms with E-state index in [0.717, 1.165) is 10.3 Å². The Kier molecular flexibility index (Phi) is 6.73. The second-order valence-electron chi connectivity index (χ2n) is 8.87. The predicted molar refractivity (Wildman–Crippen MR) is 135 cm³/mol. The number of aromatic nitrogens is 1. The van der Waals surface area contributed by atoms with Gasteiger partial charge in [0.1, 0.15) is 18.0 Å². The van der Waals surface area contributed by atoms with Crippen molar-refractivity contribution < 1.29 is 28.7 Å². The SMILES string of the molecule is COc1cc(C(=O)N2CCCN2C(=O)CCNC(=O)CN2C(=O)c3ccccc3C2=O)nc2ccccc12. The van der Waals surface area contributed by atoms with Crippen LogP contribution in [0, 0.1) is 0 Å². The lowest BCUT2D eigenvalue weighted by Gasteiger charge is -2.28. The third-order valence-electron chi connectivity index (χ3n) is 6.51. The molecule has 5 amide bonds. The molecule has 38 heavy (non-hydrogen) atoms. The van der Waals surface area contributed by atoms with E-state index in [4.69, 9.17) is 4.74 Å². The minimum atomic E-state index is -0.561. The zero-order valence-electron chi connectivity index (χ0n) is 20.7. The van der Waals surface area contributed by atoms with Crippen LogP contribution >= 0.6 is 0 Å². The zero-order valence-corrected chi connectivity index (χ0v) is 20.7. The lowest BCUT2D eigenvalue weighted by atomic mass is 10.1. The van der Waals surface area contributed by atoms with Gasteiger partial charge < -0.3 is 10.1 Å². The molecule has 11 heteroatoms. The fourth-order valence-electron chi connectivity index (χ4n) is 4.66. The second-order valence-corrected chi connectivity index (χ2v) is 8.87. The summed E-state index contributed by atoms with van der Waals surface area (Å²) in [7, 11) is 1.52. The Morgan fingerprint density at radius 1 is 0.947 bits per heavy atom. The lowest BCUT2D eigenvalue weighted by Crippen LogP contribution is -2.46. The summed E-state index contributed by atoms with van der Waals surface area (Å²) < 4.78 is 5.43. The van der Waals surface area contributed by atoms with E-state index in [1.54, 1.807) is 36.4 Å². The van der Waals surface area contributed by atoms with E-state index in [-0.39, 0.29) is 35.7 Å². The van der Waals surface area contributed by atoms with Gasteiger partial charge >= 0.3 is 0 Å². The molecule has 3 heterocycles. The third-order valence-corrected chi connectivity index (χ3v) is 6.51. The summed E-state index contributed by atoms with van der Waals surface area (Å²) in [6.45, 7) is 0.261. The number of rotatable bonds is 7. The van der Waals surface area contributed by atoms with Crippen LogP contribution in [0.4, 0.5) is 0 Å². The molecule has 0 atom stereocenters. The van der Waals surface area contributed by atoms with Crippen LogP contribution in [0.3, 0.4) is 0 Å². The molecule has 0 aliphatic carbocycles. The number of pyridine rings is 1. The highest BCUT2D eigenvalue weighted by Gasteiger charge is 2.36. The molecule has 2 aliphatic heterocycles. The van der Waals surface area contributed by atoms with Crippen molar-refractivity contribution in [1.29, 1.82) is 0 Å². The molecule has 0 radical (unpaired) electrons. The Morgan fingerprint density at radius 3 is 2.32 bits per heavy atom. The molecule has 5 rings (SSSR count). The Bertz CT molecular complexity index is 1440. The van der Waals surface area contributed by atoms with E-state index >= 15 is 0 Å². The molecule has 0 spiro atoms. The van der Waals surface area contributed by atoms with Crippen molar-refractivity contribution in [2.45, 2.75) is 12.8 Å². The van der Waals surface area contributed by atoms with Crippen molar-refractivity contribution >= 4 is 40.4 Å². The van der Waals surface area contributed by atoms with Crippen LogP contribution in [0.2, 0.25) is 0 Å². The van der Waals surface area contributed by atoms with Gasteiger partial charge in [0.2, 0.25) is 11.8 Å². The molecule has 1 saturated heterocycles. The number of amides is 5. The number of hydrogen-bond acceptors (Lipinski definition) is 7. The van der Waals surface area contributed by atoms with E-state index in [1.165, 1.54) is 17.1 Å². The summed E-state index contributed by atoms with van der Waals surface area (Å²) >= 11 is 0. The van der Waals surface area contributed by atoms with Crippen molar-refractivity contribution in [2.24, 2.45) is 0 Å². The smallest absolute Gasteiger partial charge is 0.291 e. The normalized spacial score (nSPS) is 14.7. The summed E-state index contributed by atoms with van der Waals surface area (Å²) in [6, 6.07) is 15.2. The minimum Gasteiger partial charge on any atom is -0.496 e. The topological polar surface area (TPSA) is 129 Å². The lowest BCUT2D eigenvalue weighted by molar-refractivity contribution is -0.140. The molecule has 1 aromatic heterocycles. The van der Waals surface area contributed by atoms with Crippen LogP contribution < -0.4 is 10.1 Å². The maximum atomic E-state index is 13.3. The van der Waals surface area contributed by atoms with Gasteiger partial charge in [-0.05, 0) is 30.7 Å². The van der Waals surface area contributed by atoms with E-state index in [0.29, 0.717) is 30.8 Å². The van der Waals surface area contributed by atoms with Gasteiger partial charge in [0.25, 0.3) is 17.7 Å². The van der Waals surface area contributed by atoms with Crippen LogP contribution in [0.1, 0.15) is 44.0 Å². The van der Waals surface area contributed by atoms with E-state index in [9.17, 15) is 24.0 Å². The molecule has 0 bridgehead atoms. The quantitative estimate of drug-likeness (QED) is 0.474. The Morgan fingerprint density at radius 2 is 1.61 bits per heavy atom. The Hall–Kier alpha value is -4.80. The zero-order chi connectivity index (χ0) is 26.8. The monoisotopic (exact) mass is 515 g/mol. The van der Waals surface area contributed by atoms with Crippen LogP contribution in [0.15, 0.2) is 54.6 Å². The van der Waals surface area contributed by atoms with Crippen LogP contribution in [-0.4, -0.2) is 82.7 Å². The number of fused-ring (bicyclic) bond motifs is 2. The van der Waals surface area contributed by atoms with Gasteiger partial charge in [-0.2, -0.15) is 0 Å². The first kappa shape index (κ1) is 24.9. The number of methoxy groups -OCH3 is 1. The maximum absolute atomic E-state index is 13.3. The number of nitrogens with one attached hydrogen (secondary N) is 1. The maximum Gasteiger partial charge on any atom is 0.291 e. The summed E-state index contributed by atoms with van der Waals surface area (Å²) in [4.78, 5) is 68.8. The largest absolute Gasteiger partial charge is 0.496 e. The van der Waals surface area contributed by atoms with Crippen molar-refractivity contribution in [3.05, 3.63) is 71.4 Å². The number of imide groups is 1. The molecule has 3 aromatic rings. The van der Waals surface area contributed by atoms with Crippen molar-refractivity contribution in [1.82, 2.24) is 25.2 Å². The average Bonchev–Trinajstić information content (AvgIpc) is 3.52. The van der Waals surface area contributed by atoms with Gasteiger partial charge in [-0.3, -0.25) is 33.9 Å². The summed E-state index contributed by atoms with van der Waals surface area (Å²) in [5, 5.41) is 6.08. The Labute approximate surface area is 217 Å². The predicted octanol–water partition coefficient (Wildman–Crippen LogP) is 1.64. The number of hydrazine groups is 1. The third kappa shape index (κ3) is 4.54.